The molecule has 0 aromatic carbocycles. The summed E-state index contributed by atoms with van der Waals surface area (Å²) in [7, 11) is 0. The molecule has 5 rings (SSSR count). The number of nitrogens with one attached hydrogen (secondary N) is 2. The van der Waals surface area contributed by atoms with Crippen molar-refractivity contribution in [1.82, 2.24) is 19.9 Å². The Kier molecular flexibility index (Phi) is 9.09. The van der Waals surface area contributed by atoms with Crippen molar-refractivity contribution in [2.45, 2.75) is 53.4 Å². The van der Waals surface area contributed by atoms with Crippen LogP contribution in [0.2, 0.25) is 0 Å². The van der Waals surface area contributed by atoms with E-state index in [4.69, 9.17) is 9.97 Å². The van der Waals surface area contributed by atoms with E-state index in [-0.39, 0.29) is 29.9 Å². The zero-order chi connectivity index (χ0) is 30.3. The van der Waals surface area contributed by atoms with Crippen molar-refractivity contribution in [3.63, 3.8) is 0 Å². The standard InChI is InChI=1S/C34H34N4O4.Fe/c1-7-21-17(3)25-13-26-19(5)23(9-11-33(39)40)31(37-26)16-32-24(10-12-34(41)42)20(6)28(38-32)15-30-22(8-2)18(4)27(36-30)14-29(21)35-25;/h7-8,13-16,35-36H,1-2,9-12H2,3-6H3,(H,39,40)(H,41,42);/q;+3. The van der Waals surface area contributed by atoms with Gasteiger partial charge < -0.3 is 20.2 Å². The Bertz CT molecular complexity index is 1920. The third-order valence-corrected chi connectivity index (χ3v) is 8.22. The molecule has 0 aliphatic carbocycles. The van der Waals surface area contributed by atoms with Crippen molar-refractivity contribution in [3.8, 4) is 0 Å². The zero-order valence-electron chi connectivity index (χ0n) is 24.7. The fourth-order valence-corrected chi connectivity index (χ4v) is 5.77. The zero-order valence-corrected chi connectivity index (χ0v) is 25.8. The van der Waals surface area contributed by atoms with Crippen LogP contribution in [0, 0.1) is 13.8 Å². The Morgan fingerprint density at radius 1 is 0.674 bits per heavy atom. The summed E-state index contributed by atoms with van der Waals surface area (Å²) < 4.78 is 0. The van der Waals surface area contributed by atoms with E-state index >= 15 is 0 Å². The minimum absolute atomic E-state index is 0. The van der Waals surface area contributed by atoms with Crippen molar-refractivity contribution >= 4 is 68.4 Å². The molecule has 2 aliphatic rings. The van der Waals surface area contributed by atoms with E-state index in [2.05, 4.69) is 29.2 Å². The molecule has 0 atom stereocenters. The van der Waals surface area contributed by atoms with Crippen LogP contribution in [0.1, 0.15) is 84.6 Å². The summed E-state index contributed by atoms with van der Waals surface area (Å²) in [6.45, 7) is 16.1. The summed E-state index contributed by atoms with van der Waals surface area (Å²) in [6.07, 6.45) is 4.20. The number of carboxylic acid groups (broad SMARTS) is 2. The smallest absolute Gasteiger partial charge is 0.481 e. The van der Waals surface area contributed by atoms with Crippen molar-refractivity contribution in [3.05, 3.63) is 82.5 Å². The second-order valence-electron chi connectivity index (χ2n) is 10.7. The molecule has 8 bridgehead atoms. The van der Waals surface area contributed by atoms with Crippen molar-refractivity contribution in [2.24, 2.45) is 0 Å². The number of carboxylic acids is 2. The number of nitrogens with zero attached hydrogens (tertiary/aromatic N) is 2. The van der Waals surface area contributed by atoms with E-state index in [0.717, 1.165) is 78.0 Å². The summed E-state index contributed by atoms with van der Waals surface area (Å²) in [6, 6.07) is 7.88. The van der Waals surface area contributed by atoms with Gasteiger partial charge in [-0.25, -0.2) is 9.97 Å². The van der Waals surface area contributed by atoms with Crippen LogP contribution in [-0.2, 0) is 26.7 Å². The SMILES string of the molecule is C=Cc1c(C)c2cc3[nH]c(cc4nc(cc5nc(cc1[nH]2)C(C)=C5CCC(=O)O)C(CCC(=O)O)=C4C)c(C)c3C=C.[Fe+3]. The van der Waals surface area contributed by atoms with Crippen LogP contribution >= 0.6 is 0 Å². The molecule has 0 saturated heterocycles. The van der Waals surface area contributed by atoms with Gasteiger partial charge in [0.15, 0.2) is 0 Å². The van der Waals surface area contributed by atoms with E-state index in [0.29, 0.717) is 24.2 Å². The fraction of sp³-hybridized carbons (Fsp3) is 0.235. The average molecular weight is 619 g/mol. The van der Waals surface area contributed by atoms with E-state index in [1.807, 2.05) is 58.0 Å². The fourth-order valence-electron chi connectivity index (χ4n) is 5.77. The first-order chi connectivity index (χ1) is 20.0. The number of H-pyrrole nitrogens is 2. The summed E-state index contributed by atoms with van der Waals surface area (Å²) in [5.41, 5.74) is 13.7. The van der Waals surface area contributed by atoms with Crippen LogP contribution in [0.4, 0.5) is 0 Å². The first kappa shape index (κ1) is 31.5. The van der Waals surface area contributed by atoms with Crippen LogP contribution < -0.4 is 0 Å². The van der Waals surface area contributed by atoms with Crippen LogP contribution in [0.25, 0.3) is 56.5 Å². The molecule has 1 radical (unpaired) electrons. The second-order valence-corrected chi connectivity index (χ2v) is 10.7. The van der Waals surface area contributed by atoms with Gasteiger partial charge in [0.25, 0.3) is 0 Å². The summed E-state index contributed by atoms with van der Waals surface area (Å²) >= 11 is 0. The van der Waals surface area contributed by atoms with Gasteiger partial charge in [0.05, 0.1) is 22.8 Å². The van der Waals surface area contributed by atoms with Gasteiger partial charge >= 0.3 is 29.0 Å². The number of rotatable bonds is 8. The maximum Gasteiger partial charge on any atom is 3.00 e. The number of aromatic amines is 2. The molecular weight excluding hydrogens is 584 g/mol. The number of allylic oxidation sites excluding steroid dienone is 4. The quantitative estimate of drug-likeness (QED) is 0.191. The van der Waals surface area contributed by atoms with Crippen LogP contribution in [0.3, 0.4) is 0 Å². The normalized spacial score (nSPS) is 12.7. The van der Waals surface area contributed by atoms with E-state index in [1.54, 1.807) is 0 Å². The topological polar surface area (TPSA) is 132 Å². The minimum atomic E-state index is -0.889. The molecule has 0 fully saturated rings. The second kappa shape index (κ2) is 12.4. The molecule has 43 heavy (non-hydrogen) atoms. The Morgan fingerprint density at radius 3 is 1.49 bits per heavy atom. The average Bonchev–Trinajstić information content (AvgIpc) is 3.59. The summed E-state index contributed by atoms with van der Waals surface area (Å²) in [5, 5.41) is 18.9. The Hall–Kier alpha value is -4.46. The molecule has 219 valence electrons. The molecule has 8 nitrogen and oxygen atoms in total. The molecule has 2 aliphatic heterocycles. The Labute approximate surface area is 260 Å². The maximum absolute atomic E-state index is 11.5. The van der Waals surface area contributed by atoms with Gasteiger partial charge in [-0.15, -0.1) is 0 Å². The van der Waals surface area contributed by atoms with Gasteiger partial charge in [-0.1, -0.05) is 25.3 Å². The molecule has 0 unspecified atom stereocenters. The minimum Gasteiger partial charge on any atom is -0.481 e. The largest absolute Gasteiger partial charge is 3.00 e. The molecular formula is C34H34FeN4O4+3. The number of aromatic nitrogens is 4. The molecule has 3 aromatic rings. The molecule has 3 aromatic heterocycles. The number of aryl methyl sites for hydroxylation is 2. The first-order valence-corrected chi connectivity index (χ1v) is 13.9. The Balaban J connectivity index is 0.00000423. The van der Waals surface area contributed by atoms with Gasteiger partial charge in [-0.3, -0.25) is 9.59 Å². The summed E-state index contributed by atoms with van der Waals surface area (Å²) in [5.74, 6) is -1.78. The summed E-state index contributed by atoms with van der Waals surface area (Å²) in [4.78, 5) is 40.0. The van der Waals surface area contributed by atoms with Crippen molar-refractivity contribution < 1.29 is 36.9 Å². The molecule has 5 heterocycles. The van der Waals surface area contributed by atoms with Crippen LogP contribution in [0.15, 0.2) is 37.4 Å². The van der Waals surface area contributed by atoms with Gasteiger partial charge in [-0.05, 0) is 98.2 Å². The predicted molar refractivity (Wildman–Crippen MR) is 169 cm³/mol. The maximum atomic E-state index is 11.5. The van der Waals surface area contributed by atoms with Crippen molar-refractivity contribution in [1.29, 1.82) is 0 Å². The van der Waals surface area contributed by atoms with Gasteiger partial charge in [0, 0.05) is 46.0 Å². The number of aliphatic carboxylic acids is 2. The number of hydrogen-bond donors (Lipinski definition) is 4. The molecule has 9 heteroatoms. The van der Waals surface area contributed by atoms with Crippen LogP contribution in [0.5, 0.6) is 0 Å². The van der Waals surface area contributed by atoms with Crippen LogP contribution in [-0.4, -0.2) is 42.1 Å². The van der Waals surface area contributed by atoms with Gasteiger partial charge in [-0.2, -0.15) is 0 Å². The predicted octanol–water partition coefficient (Wildman–Crippen LogP) is 7.81. The molecule has 4 N–H and O–H groups in total. The van der Waals surface area contributed by atoms with Crippen molar-refractivity contribution in [2.75, 3.05) is 0 Å². The Morgan fingerprint density at radius 2 is 1.07 bits per heavy atom. The van der Waals surface area contributed by atoms with E-state index in [9.17, 15) is 19.8 Å². The number of carbonyl (C=O) groups is 2. The number of fused-ring (bicyclic) bond motifs is 8. The third kappa shape index (κ3) is 5.91. The third-order valence-electron chi connectivity index (χ3n) is 8.22. The molecule has 0 amide bonds. The van der Waals surface area contributed by atoms with Gasteiger partial charge in [0.1, 0.15) is 0 Å². The first-order valence-electron chi connectivity index (χ1n) is 13.9. The van der Waals surface area contributed by atoms with E-state index in [1.165, 1.54) is 0 Å². The monoisotopic (exact) mass is 618 g/mol. The molecule has 0 spiro atoms. The molecule has 0 saturated carbocycles. The van der Waals surface area contributed by atoms with Gasteiger partial charge in [0.2, 0.25) is 0 Å². The number of hydrogen-bond acceptors (Lipinski definition) is 4. The van der Waals surface area contributed by atoms with E-state index < -0.39 is 11.9 Å².